The Hall–Kier alpha value is -1.97. The lowest BCUT2D eigenvalue weighted by Gasteiger charge is -2.07. The van der Waals surface area contributed by atoms with Gasteiger partial charge < -0.3 is 0 Å². The van der Waals surface area contributed by atoms with Crippen molar-refractivity contribution >= 4 is 0 Å². The minimum Gasteiger partial charge on any atom is -0.294 e. The van der Waals surface area contributed by atoms with Gasteiger partial charge in [-0.05, 0) is 29.7 Å². The van der Waals surface area contributed by atoms with E-state index in [9.17, 15) is 13.3 Å². The average molecular weight is 252 g/mol. The van der Waals surface area contributed by atoms with E-state index in [1.807, 2.05) is 0 Å². The molecule has 0 N–H and O–H groups in total. The van der Waals surface area contributed by atoms with Crippen LogP contribution in [0.3, 0.4) is 0 Å². The average Bonchev–Trinajstić information content (AvgIpc) is 2.42. The fourth-order valence-electron chi connectivity index (χ4n) is 1.77. The van der Waals surface area contributed by atoms with E-state index < -0.39 is 11.6 Å². The molecular formula is C14H11F3O. The van der Waals surface area contributed by atoms with Crippen LogP contribution in [0.15, 0.2) is 36.4 Å². The fraction of sp³-hybridized carbons (Fsp3) is 0.143. The van der Waals surface area contributed by atoms with Gasteiger partial charge in [-0.2, -0.15) is 0 Å². The molecule has 94 valence electrons. The smallest absolute Gasteiger partial charge is 0.171 e. The number of hydrogen-bond donors (Lipinski definition) is 0. The van der Waals surface area contributed by atoms with Gasteiger partial charge in [0.15, 0.2) is 17.4 Å². The number of halogens is 3. The van der Waals surface area contributed by atoms with E-state index in [0.717, 1.165) is 0 Å². The Labute approximate surface area is 103 Å². The van der Waals surface area contributed by atoms with Gasteiger partial charge in [0.2, 0.25) is 0 Å². The molecule has 1 nitrogen and oxygen atoms in total. The summed E-state index contributed by atoms with van der Waals surface area (Å²) in [6, 6.07) is 8.70. The highest BCUT2D eigenvalue weighted by molar-refractivity contribution is 5.65. The third kappa shape index (κ3) is 2.18. The highest BCUT2D eigenvalue weighted by Gasteiger charge is 2.13. The first kappa shape index (κ1) is 12.5. The Morgan fingerprint density at radius 1 is 0.944 bits per heavy atom. The summed E-state index contributed by atoms with van der Waals surface area (Å²) in [5.41, 5.74) is 0.949. The lowest BCUT2D eigenvalue weighted by atomic mass is 10.0. The molecule has 0 spiro atoms. The minimum absolute atomic E-state index is 0.0183. The Bertz CT molecular complexity index is 550. The molecule has 2 aromatic rings. The summed E-state index contributed by atoms with van der Waals surface area (Å²) in [5, 5.41) is 0. The Morgan fingerprint density at radius 3 is 2.17 bits per heavy atom. The van der Waals surface area contributed by atoms with Crippen LogP contribution in [-0.4, -0.2) is 0 Å². The summed E-state index contributed by atoms with van der Waals surface area (Å²) in [5.74, 6) is -1.70. The molecule has 0 aliphatic carbocycles. The number of rotatable bonds is 3. The second-order valence-corrected chi connectivity index (χ2v) is 3.86. The number of hydrogen-bond acceptors (Lipinski definition) is 1. The molecule has 0 amide bonds. The van der Waals surface area contributed by atoms with Crippen molar-refractivity contribution in [3.8, 4) is 16.9 Å². The quantitative estimate of drug-likeness (QED) is 0.783. The standard InChI is InChI=1S/C14H11F3O/c1-2-9-5-8-12(14(16)13(9)15)10-3-6-11(18-17)7-4-10/h3-8H,2H2,1H3. The van der Waals surface area contributed by atoms with E-state index in [0.29, 0.717) is 17.5 Å². The third-order valence-electron chi connectivity index (χ3n) is 2.80. The summed E-state index contributed by atoms with van der Waals surface area (Å²) >= 11 is 0. The second kappa shape index (κ2) is 5.12. The summed E-state index contributed by atoms with van der Waals surface area (Å²) < 4.78 is 39.3. The molecule has 2 aromatic carbocycles. The topological polar surface area (TPSA) is 9.23 Å². The Morgan fingerprint density at radius 2 is 1.61 bits per heavy atom. The number of aryl methyl sites for hydroxylation is 1. The molecule has 2 rings (SSSR count). The fourth-order valence-corrected chi connectivity index (χ4v) is 1.77. The van der Waals surface area contributed by atoms with Crippen LogP contribution < -0.4 is 4.94 Å². The molecule has 0 unspecified atom stereocenters. The molecule has 0 fully saturated rings. The van der Waals surface area contributed by atoms with Crippen LogP contribution in [0.5, 0.6) is 5.75 Å². The monoisotopic (exact) mass is 252 g/mol. The van der Waals surface area contributed by atoms with Crippen LogP contribution in [0.25, 0.3) is 11.1 Å². The SMILES string of the molecule is CCc1ccc(-c2ccc(OF)cc2)c(F)c1F. The van der Waals surface area contributed by atoms with Crippen LogP contribution in [0.2, 0.25) is 0 Å². The van der Waals surface area contributed by atoms with Crippen LogP contribution in [-0.2, 0) is 6.42 Å². The van der Waals surface area contributed by atoms with Crippen molar-refractivity contribution in [1.82, 2.24) is 0 Å². The first-order chi connectivity index (χ1) is 8.67. The predicted octanol–water partition coefficient (Wildman–Crippen LogP) is 4.46. The Balaban J connectivity index is 2.47. The molecule has 0 radical (unpaired) electrons. The van der Waals surface area contributed by atoms with Gasteiger partial charge in [-0.1, -0.05) is 31.2 Å². The largest absolute Gasteiger partial charge is 0.294 e. The van der Waals surface area contributed by atoms with Gasteiger partial charge in [0.1, 0.15) is 0 Å². The second-order valence-electron chi connectivity index (χ2n) is 3.86. The van der Waals surface area contributed by atoms with Crippen LogP contribution in [0, 0.1) is 11.6 Å². The van der Waals surface area contributed by atoms with E-state index in [4.69, 9.17) is 0 Å². The van der Waals surface area contributed by atoms with Crippen molar-refractivity contribution in [2.45, 2.75) is 13.3 Å². The van der Waals surface area contributed by atoms with Gasteiger partial charge in [-0.3, -0.25) is 4.94 Å². The maximum atomic E-state index is 13.8. The summed E-state index contributed by atoms with van der Waals surface area (Å²) in [7, 11) is 0. The zero-order valence-electron chi connectivity index (χ0n) is 9.71. The van der Waals surface area contributed by atoms with Gasteiger partial charge in [0.25, 0.3) is 0 Å². The summed E-state index contributed by atoms with van der Waals surface area (Å²) in [4.78, 5) is 3.53. The third-order valence-corrected chi connectivity index (χ3v) is 2.80. The predicted molar refractivity (Wildman–Crippen MR) is 62.9 cm³/mol. The molecule has 0 atom stereocenters. The zero-order valence-corrected chi connectivity index (χ0v) is 9.71. The molecule has 0 heterocycles. The molecule has 0 aliphatic heterocycles. The molecule has 4 heteroatoms. The van der Waals surface area contributed by atoms with E-state index in [-0.39, 0.29) is 11.3 Å². The van der Waals surface area contributed by atoms with Crippen LogP contribution >= 0.6 is 0 Å². The molecule has 0 aliphatic rings. The minimum atomic E-state index is -0.886. The van der Waals surface area contributed by atoms with Gasteiger partial charge in [0.05, 0.1) is 0 Å². The molecule has 0 aromatic heterocycles. The molecule has 0 bridgehead atoms. The Kier molecular flexibility index (Phi) is 3.55. The molecule has 18 heavy (non-hydrogen) atoms. The van der Waals surface area contributed by atoms with Crippen molar-refractivity contribution in [3.05, 3.63) is 53.6 Å². The van der Waals surface area contributed by atoms with Crippen molar-refractivity contribution in [2.75, 3.05) is 0 Å². The lowest BCUT2D eigenvalue weighted by molar-refractivity contribution is -0.00618. The summed E-state index contributed by atoms with van der Waals surface area (Å²) in [6.45, 7) is 1.75. The highest BCUT2D eigenvalue weighted by atomic mass is 19.3. The maximum absolute atomic E-state index is 13.8. The lowest BCUT2D eigenvalue weighted by Crippen LogP contribution is -1.95. The normalized spacial score (nSPS) is 10.4. The molecule has 0 saturated heterocycles. The first-order valence-electron chi connectivity index (χ1n) is 5.53. The number of benzene rings is 2. The molecule has 0 saturated carbocycles. The van der Waals surface area contributed by atoms with E-state index in [2.05, 4.69) is 4.94 Å². The van der Waals surface area contributed by atoms with Crippen LogP contribution in [0.1, 0.15) is 12.5 Å². The maximum Gasteiger partial charge on any atom is 0.171 e. The van der Waals surface area contributed by atoms with Crippen molar-refractivity contribution in [2.24, 2.45) is 0 Å². The summed E-state index contributed by atoms with van der Waals surface area (Å²) in [6.07, 6.45) is 0.428. The van der Waals surface area contributed by atoms with Crippen LogP contribution in [0.4, 0.5) is 13.3 Å². The van der Waals surface area contributed by atoms with Crippen molar-refractivity contribution in [1.29, 1.82) is 0 Å². The van der Waals surface area contributed by atoms with Gasteiger partial charge >= 0.3 is 0 Å². The van der Waals surface area contributed by atoms with E-state index >= 15 is 0 Å². The zero-order chi connectivity index (χ0) is 13.1. The van der Waals surface area contributed by atoms with Crippen molar-refractivity contribution < 1.29 is 18.2 Å². The van der Waals surface area contributed by atoms with Gasteiger partial charge in [0, 0.05) is 10.1 Å². The van der Waals surface area contributed by atoms with Gasteiger partial charge in [-0.15, -0.1) is 0 Å². The molecular weight excluding hydrogens is 241 g/mol. The van der Waals surface area contributed by atoms with Gasteiger partial charge in [-0.25, -0.2) is 8.78 Å². The van der Waals surface area contributed by atoms with E-state index in [1.165, 1.54) is 30.3 Å². The highest BCUT2D eigenvalue weighted by Crippen LogP contribution is 2.28. The first-order valence-corrected chi connectivity index (χ1v) is 5.53. The van der Waals surface area contributed by atoms with Crippen molar-refractivity contribution in [3.63, 3.8) is 0 Å². The van der Waals surface area contributed by atoms with E-state index in [1.54, 1.807) is 13.0 Å².